The monoisotopic (exact) mass is 665 g/mol. The Balaban J connectivity index is 1.39. The van der Waals surface area contributed by atoms with Gasteiger partial charge in [-0.2, -0.15) is 4.98 Å². The SMILES string of the molecule is COc1ccc2nc3c(cc2c1)CN1C(O3)c2cccc(c2)S(=O)(=O)Nc2nc(cc(-c3c(C)cccc3C)n2)OC[C@H]1CC(C)(C)C. The van der Waals surface area contributed by atoms with Gasteiger partial charge in [0.25, 0.3) is 10.0 Å². The molecule has 4 bridgehead atoms. The molecule has 0 spiro atoms. The van der Waals surface area contributed by atoms with Crippen LogP contribution in [0.1, 0.15) is 55.7 Å². The van der Waals surface area contributed by atoms with E-state index in [1.54, 1.807) is 31.4 Å². The van der Waals surface area contributed by atoms with Crippen molar-refractivity contribution in [1.82, 2.24) is 19.9 Å². The first kappa shape index (κ1) is 31.8. The van der Waals surface area contributed by atoms with E-state index < -0.39 is 16.3 Å². The van der Waals surface area contributed by atoms with Crippen molar-refractivity contribution in [3.8, 4) is 28.8 Å². The molecule has 1 N–H and O–H groups in total. The third-order valence-electron chi connectivity index (χ3n) is 8.80. The Kier molecular flexibility index (Phi) is 7.99. The Labute approximate surface area is 281 Å². The van der Waals surface area contributed by atoms with Crippen molar-refractivity contribution in [2.24, 2.45) is 5.41 Å². The number of hydrogen-bond acceptors (Lipinski definition) is 9. The zero-order valence-corrected chi connectivity index (χ0v) is 28.8. The van der Waals surface area contributed by atoms with Gasteiger partial charge in [0.05, 0.1) is 23.2 Å². The van der Waals surface area contributed by atoms with E-state index >= 15 is 0 Å². The van der Waals surface area contributed by atoms with Crippen LogP contribution in [0.2, 0.25) is 0 Å². The van der Waals surface area contributed by atoms with Gasteiger partial charge in [0.15, 0.2) is 6.23 Å². The number of nitrogens with zero attached hydrogens (tertiary/aromatic N) is 4. The number of anilines is 1. The third kappa shape index (κ3) is 6.27. The number of nitrogens with one attached hydrogen (secondary N) is 1. The van der Waals surface area contributed by atoms with Crippen LogP contribution in [0.3, 0.4) is 0 Å². The van der Waals surface area contributed by atoms with Crippen molar-refractivity contribution >= 4 is 26.9 Å². The largest absolute Gasteiger partial charge is 0.497 e. The van der Waals surface area contributed by atoms with Gasteiger partial charge < -0.3 is 14.2 Å². The predicted molar refractivity (Wildman–Crippen MR) is 185 cm³/mol. The summed E-state index contributed by atoms with van der Waals surface area (Å²) < 4.78 is 49.0. The second-order valence-electron chi connectivity index (χ2n) is 13.7. The van der Waals surface area contributed by atoms with Gasteiger partial charge in [-0.15, -0.1) is 0 Å². The van der Waals surface area contributed by atoms with Crippen molar-refractivity contribution in [3.63, 3.8) is 0 Å². The smallest absolute Gasteiger partial charge is 0.264 e. The van der Waals surface area contributed by atoms with Crippen LogP contribution < -0.4 is 18.9 Å². The summed E-state index contributed by atoms with van der Waals surface area (Å²) >= 11 is 0. The minimum absolute atomic E-state index is 0.0603. The van der Waals surface area contributed by atoms with E-state index in [2.05, 4.69) is 46.4 Å². The summed E-state index contributed by atoms with van der Waals surface area (Å²) in [7, 11) is -2.44. The van der Waals surface area contributed by atoms with E-state index in [1.807, 2.05) is 56.3 Å². The second-order valence-corrected chi connectivity index (χ2v) is 15.4. The highest BCUT2D eigenvalue weighted by atomic mass is 32.2. The number of fused-ring (bicyclic) bond motifs is 8. The lowest BCUT2D eigenvalue weighted by Crippen LogP contribution is -2.47. The summed E-state index contributed by atoms with van der Waals surface area (Å²) in [6, 6.07) is 22.3. The zero-order chi connectivity index (χ0) is 33.8. The van der Waals surface area contributed by atoms with Crippen molar-refractivity contribution in [1.29, 1.82) is 0 Å². The Morgan fingerprint density at radius 2 is 1.73 bits per heavy atom. The van der Waals surface area contributed by atoms with Crippen LogP contribution in [-0.4, -0.2) is 48.0 Å². The molecule has 0 radical (unpaired) electrons. The lowest BCUT2D eigenvalue weighted by Gasteiger charge is -2.43. The molecule has 0 saturated carbocycles. The fourth-order valence-electron chi connectivity index (χ4n) is 6.62. The maximum atomic E-state index is 13.9. The molecular weight excluding hydrogens is 627 g/mol. The van der Waals surface area contributed by atoms with E-state index in [4.69, 9.17) is 19.2 Å². The summed E-state index contributed by atoms with van der Waals surface area (Å²) in [4.78, 5) is 16.4. The van der Waals surface area contributed by atoms with Gasteiger partial charge in [-0.05, 0) is 73.2 Å². The normalized spacial score (nSPS) is 18.9. The number of ether oxygens (including phenoxy) is 3. The minimum Gasteiger partial charge on any atom is -0.497 e. The summed E-state index contributed by atoms with van der Waals surface area (Å²) in [5, 5.41) is 0.941. The van der Waals surface area contributed by atoms with Gasteiger partial charge in [-0.25, -0.2) is 23.1 Å². The van der Waals surface area contributed by atoms with E-state index in [-0.39, 0.29) is 34.8 Å². The highest BCUT2D eigenvalue weighted by Crippen LogP contribution is 2.41. The number of methoxy groups -OCH3 is 1. The molecule has 4 heterocycles. The number of aryl methyl sites for hydroxylation is 2. The third-order valence-corrected chi connectivity index (χ3v) is 10.1. The lowest BCUT2D eigenvalue weighted by atomic mass is 9.87. The van der Waals surface area contributed by atoms with Crippen LogP contribution in [0.4, 0.5) is 5.95 Å². The van der Waals surface area contributed by atoms with Crippen LogP contribution in [0, 0.1) is 19.3 Å². The lowest BCUT2D eigenvalue weighted by molar-refractivity contribution is -0.0571. The number of benzene rings is 3. The van der Waals surface area contributed by atoms with E-state index in [9.17, 15) is 8.42 Å². The topological polar surface area (TPSA) is 116 Å². The van der Waals surface area contributed by atoms with E-state index in [0.717, 1.165) is 45.3 Å². The van der Waals surface area contributed by atoms with Gasteiger partial charge in [0.2, 0.25) is 17.7 Å². The predicted octanol–water partition coefficient (Wildman–Crippen LogP) is 7.21. The number of aromatic nitrogens is 3. The zero-order valence-electron chi connectivity index (χ0n) is 27.9. The van der Waals surface area contributed by atoms with Gasteiger partial charge >= 0.3 is 0 Å². The highest BCUT2D eigenvalue weighted by Gasteiger charge is 2.38. The number of rotatable bonds is 3. The van der Waals surface area contributed by atoms with Crippen molar-refractivity contribution < 1.29 is 22.6 Å². The average molecular weight is 666 g/mol. The molecule has 248 valence electrons. The molecule has 1 unspecified atom stereocenters. The molecule has 11 heteroatoms. The Hall–Kier alpha value is -4.74. The molecule has 2 aliphatic heterocycles. The first-order valence-corrected chi connectivity index (χ1v) is 17.5. The summed E-state index contributed by atoms with van der Waals surface area (Å²) in [6.45, 7) is 11.4. The van der Waals surface area contributed by atoms with Crippen LogP contribution >= 0.6 is 0 Å². The fourth-order valence-corrected chi connectivity index (χ4v) is 7.62. The molecule has 0 fully saturated rings. The molecule has 48 heavy (non-hydrogen) atoms. The standard InChI is InChI=1S/C37H39N5O5S/c1-22-9-7-10-23(2)33(22)31-18-32-40-36(39-31)41-48(43,44)29-12-8-11-24(17-29)35-42(27(21-46-32)19-37(3,4)5)20-26-15-25-16-28(45-6)13-14-30(25)38-34(26)47-35/h7-18,27,35H,19-21H2,1-6H3,(H,39,40,41)/t27-,35?/m1/s1. The van der Waals surface area contributed by atoms with Gasteiger partial charge in [-0.3, -0.25) is 4.90 Å². The van der Waals surface area contributed by atoms with Crippen LogP contribution in [0.15, 0.2) is 77.7 Å². The molecule has 2 aliphatic rings. The summed E-state index contributed by atoms with van der Waals surface area (Å²) in [5.41, 5.74) is 5.80. The maximum absolute atomic E-state index is 13.9. The van der Waals surface area contributed by atoms with Crippen LogP contribution in [0.5, 0.6) is 17.5 Å². The molecule has 5 aromatic rings. The Morgan fingerprint density at radius 3 is 2.48 bits per heavy atom. The molecule has 2 aromatic heterocycles. The molecule has 0 aliphatic carbocycles. The molecule has 2 atom stereocenters. The number of hydrogen-bond donors (Lipinski definition) is 1. The molecule has 3 aromatic carbocycles. The second kappa shape index (κ2) is 12.1. The molecular formula is C37H39N5O5S. The number of pyridine rings is 1. The van der Waals surface area contributed by atoms with Crippen molar-refractivity contribution in [2.75, 3.05) is 18.4 Å². The molecule has 10 nitrogen and oxygen atoms in total. The first-order valence-electron chi connectivity index (χ1n) is 16.0. The van der Waals surface area contributed by atoms with Gasteiger partial charge in [-0.1, -0.05) is 51.1 Å². The molecule has 7 rings (SSSR count). The Morgan fingerprint density at radius 1 is 0.958 bits per heavy atom. The number of sulfonamides is 1. The minimum atomic E-state index is -4.09. The van der Waals surface area contributed by atoms with Crippen LogP contribution in [-0.2, 0) is 16.6 Å². The molecule has 0 saturated heterocycles. The molecule has 0 amide bonds. The van der Waals surface area contributed by atoms with E-state index in [1.165, 1.54) is 0 Å². The first-order chi connectivity index (χ1) is 22.9. The van der Waals surface area contributed by atoms with Crippen molar-refractivity contribution in [3.05, 3.63) is 95.1 Å². The average Bonchev–Trinajstić information content (AvgIpc) is 3.04. The Bertz CT molecular complexity index is 2130. The van der Waals surface area contributed by atoms with E-state index in [0.29, 0.717) is 23.7 Å². The fraction of sp³-hybridized carbons (Fsp3) is 0.324. The quantitative estimate of drug-likeness (QED) is 0.213. The highest BCUT2D eigenvalue weighted by molar-refractivity contribution is 7.92. The van der Waals surface area contributed by atoms with Gasteiger partial charge in [0.1, 0.15) is 12.4 Å². The maximum Gasteiger partial charge on any atom is 0.264 e. The van der Waals surface area contributed by atoms with Gasteiger partial charge in [0, 0.05) is 40.7 Å². The van der Waals surface area contributed by atoms with Crippen molar-refractivity contribution in [2.45, 2.75) is 64.7 Å². The summed E-state index contributed by atoms with van der Waals surface area (Å²) in [6.07, 6.45) is 0.126. The van der Waals surface area contributed by atoms with Crippen LogP contribution in [0.25, 0.3) is 22.2 Å². The summed E-state index contributed by atoms with van der Waals surface area (Å²) in [5.74, 6) is 1.47.